The Labute approximate surface area is 65.5 Å². The minimum atomic E-state index is -1.06. The van der Waals surface area contributed by atoms with Gasteiger partial charge in [-0.3, -0.25) is 4.79 Å². The number of carbonyl (C=O) groups is 1. The molecule has 0 aliphatic rings. The highest BCUT2D eigenvalue weighted by atomic mass is 16.4. The van der Waals surface area contributed by atoms with Gasteiger partial charge in [0.15, 0.2) is 0 Å². The van der Waals surface area contributed by atoms with E-state index in [1.54, 1.807) is 13.8 Å². The molecule has 0 aromatic heterocycles. The van der Waals surface area contributed by atoms with Gasteiger partial charge in [-0.05, 0) is 0 Å². The molecule has 0 saturated heterocycles. The summed E-state index contributed by atoms with van der Waals surface area (Å²) in [5.41, 5.74) is -0.738. The maximum atomic E-state index is 10.1. The predicted molar refractivity (Wildman–Crippen MR) is 39.1 cm³/mol. The highest BCUT2D eigenvalue weighted by Gasteiger charge is 2.28. The summed E-state index contributed by atoms with van der Waals surface area (Å²) in [4.78, 5) is 10.1. The first-order chi connectivity index (χ1) is 4.90. The van der Waals surface area contributed by atoms with Gasteiger partial charge in [0.25, 0.3) is 0 Å². The summed E-state index contributed by atoms with van der Waals surface area (Å²) in [6.45, 7) is 3.00. The van der Waals surface area contributed by atoms with Crippen molar-refractivity contribution in [2.24, 2.45) is 5.41 Å². The Morgan fingerprint density at radius 1 is 1.55 bits per heavy atom. The summed E-state index contributed by atoms with van der Waals surface area (Å²) >= 11 is 0. The fourth-order valence-corrected chi connectivity index (χ4v) is 0.547. The van der Waals surface area contributed by atoms with Crippen LogP contribution in [0.15, 0.2) is 0 Å². The first-order valence-electron chi connectivity index (χ1n) is 3.41. The number of aliphatic carboxylic acids is 1. The number of carboxylic acids is 1. The van der Waals surface area contributed by atoms with Crippen molar-refractivity contribution in [3.05, 3.63) is 0 Å². The second-order valence-electron chi connectivity index (χ2n) is 3.26. The summed E-state index contributed by atoms with van der Waals surface area (Å²) < 4.78 is 0. The van der Waals surface area contributed by atoms with Crippen LogP contribution in [0.4, 0.5) is 0 Å². The molecule has 0 fully saturated rings. The quantitative estimate of drug-likeness (QED) is 0.536. The van der Waals surface area contributed by atoms with Gasteiger partial charge in [0, 0.05) is 5.41 Å². The Bertz CT molecular complexity index is 141. The zero-order valence-corrected chi connectivity index (χ0v) is 6.74. The van der Waals surface area contributed by atoms with E-state index in [0.29, 0.717) is 0 Å². The van der Waals surface area contributed by atoms with Crippen molar-refractivity contribution in [1.29, 1.82) is 0 Å². The molecule has 0 aliphatic carbocycles. The van der Waals surface area contributed by atoms with Crippen molar-refractivity contribution in [3.8, 4) is 0 Å². The molecule has 4 nitrogen and oxygen atoms in total. The van der Waals surface area contributed by atoms with Crippen LogP contribution in [0, 0.1) is 5.41 Å². The molecular formula is C7H14O4. The van der Waals surface area contributed by atoms with Crippen LogP contribution in [-0.4, -0.2) is 34.0 Å². The normalized spacial score (nSPS) is 14.5. The smallest absolute Gasteiger partial charge is 0.305 e. The Balaban J connectivity index is 4.01. The second kappa shape index (κ2) is 3.69. The van der Waals surface area contributed by atoms with Crippen molar-refractivity contribution in [2.45, 2.75) is 26.4 Å². The molecule has 0 heterocycles. The van der Waals surface area contributed by atoms with Gasteiger partial charge in [0.2, 0.25) is 0 Å². The summed E-state index contributed by atoms with van der Waals surface area (Å²) in [6.07, 6.45) is -1.32. The summed E-state index contributed by atoms with van der Waals surface area (Å²) in [5.74, 6) is -1.06. The molecule has 0 aliphatic heterocycles. The van der Waals surface area contributed by atoms with Crippen molar-refractivity contribution in [1.82, 2.24) is 0 Å². The van der Waals surface area contributed by atoms with E-state index in [4.69, 9.17) is 10.2 Å². The molecule has 0 radical (unpaired) electrons. The molecular weight excluding hydrogens is 148 g/mol. The molecule has 0 aromatic rings. The number of carboxylic acid groups (broad SMARTS) is 1. The van der Waals surface area contributed by atoms with E-state index >= 15 is 0 Å². The van der Waals surface area contributed by atoms with E-state index in [0.717, 1.165) is 0 Å². The van der Waals surface area contributed by atoms with Gasteiger partial charge in [-0.15, -0.1) is 0 Å². The maximum Gasteiger partial charge on any atom is 0.305 e. The molecule has 0 spiro atoms. The molecule has 4 heteroatoms. The highest BCUT2D eigenvalue weighted by Crippen LogP contribution is 2.21. The van der Waals surface area contributed by atoms with Gasteiger partial charge in [-0.2, -0.15) is 0 Å². The van der Waals surface area contributed by atoms with E-state index in [-0.39, 0.29) is 13.0 Å². The molecule has 0 unspecified atom stereocenters. The molecule has 3 N–H and O–H groups in total. The highest BCUT2D eigenvalue weighted by molar-refractivity contribution is 5.67. The fraction of sp³-hybridized carbons (Fsp3) is 0.857. The molecule has 0 saturated carbocycles. The number of hydrogen-bond acceptors (Lipinski definition) is 3. The number of aliphatic hydroxyl groups excluding tert-OH is 2. The molecule has 0 bridgehead atoms. The predicted octanol–water partition coefficient (Wildman–Crippen LogP) is -0.160. The SMILES string of the molecule is CC(C)(CO)[C@H](O)CC(=O)O. The zero-order chi connectivity index (χ0) is 9.07. The van der Waals surface area contributed by atoms with Crippen LogP contribution in [0.5, 0.6) is 0 Å². The van der Waals surface area contributed by atoms with Crippen LogP contribution in [0.2, 0.25) is 0 Å². The lowest BCUT2D eigenvalue weighted by Gasteiger charge is -2.26. The fourth-order valence-electron chi connectivity index (χ4n) is 0.547. The Kier molecular flexibility index (Phi) is 3.48. The average molecular weight is 162 g/mol. The van der Waals surface area contributed by atoms with E-state index < -0.39 is 17.5 Å². The second-order valence-corrected chi connectivity index (χ2v) is 3.26. The molecule has 0 amide bonds. The lowest BCUT2D eigenvalue weighted by molar-refractivity contribution is -0.141. The summed E-state index contributed by atoms with van der Waals surface area (Å²) in [5, 5.41) is 26.2. The van der Waals surface area contributed by atoms with Gasteiger partial charge >= 0.3 is 5.97 Å². The van der Waals surface area contributed by atoms with Gasteiger partial charge in [-0.25, -0.2) is 0 Å². The lowest BCUT2D eigenvalue weighted by Crippen LogP contribution is -2.34. The third-order valence-corrected chi connectivity index (χ3v) is 1.68. The summed E-state index contributed by atoms with van der Waals surface area (Å²) in [6, 6.07) is 0. The number of aliphatic hydroxyl groups is 2. The minimum Gasteiger partial charge on any atom is -0.481 e. The molecule has 0 rings (SSSR count). The largest absolute Gasteiger partial charge is 0.481 e. The third-order valence-electron chi connectivity index (χ3n) is 1.68. The molecule has 0 aromatic carbocycles. The van der Waals surface area contributed by atoms with Gasteiger partial charge in [-0.1, -0.05) is 13.8 Å². The van der Waals surface area contributed by atoms with Crippen LogP contribution in [0.25, 0.3) is 0 Å². The summed E-state index contributed by atoms with van der Waals surface area (Å²) in [7, 11) is 0. The Hall–Kier alpha value is -0.610. The van der Waals surface area contributed by atoms with Crippen molar-refractivity contribution >= 4 is 5.97 Å². The minimum absolute atomic E-state index is 0.221. The van der Waals surface area contributed by atoms with Crippen LogP contribution >= 0.6 is 0 Å². The van der Waals surface area contributed by atoms with Crippen LogP contribution in [-0.2, 0) is 4.79 Å². The van der Waals surface area contributed by atoms with Crippen molar-refractivity contribution < 1.29 is 20.1 Å². The van der Waals surface area contributed by atoms with E-state index in [2.05, 4.69) is 0 Å². The molecule has 66 valence electrons. The standard InChI is InChI=1S/C7H14O4/c1-7(2,4-8)5(9)3-6(10)11/h5,8-9H,3-4H2,1-2H3,(H,10,11)/t5-/m1/s1. The first kappa shape index (κ1) is 10.4. The van der Waals surface area contributed by atoms with Crippen LogP contribution in [0.1, 0.15) is 20.3 Å². The van der Waals surface area contributed by atoms with E-state index in [1.807, 2.05) is 0 Å². The molecule has 1 atom stereocenters. The monoisotopic (exact) mass is 162 g/mol. The maximum absolute atomic E-state index is 10.1. The topological polar surface area (TPSA) is 77.8 Å². The van der Waals surface area contributed by atoms with Crippen LogP contribution in [0.3, 0.4) is 0 Å². The zero-order valence-electron chi connectivity index (χ0n) is 6.74. The third kappa shape index (κ3) is 3.34. The lowest BCUT2D eigenvalue weighted by atomic mass is 9.86. The average Bonchev–Trinajstić information content (AvgIpc) is 1.86. The van der Waals surface area contributed by atoms with Gasteiger partial charge in [0.05, 0.1) is 19.1 Å². The van der Waals surface area contributed by atoms with Gasteiger partial charge in [0.1, 0.15) is 0 Å². The number of hydrogen-bond donors (Lipinski definition) is 3. The Morgan fingerprint density at radius 3 is 2.27 bits per heavy atom. The van der Waals surface area contributed by atoms with Crippen LogP contribution < -0.4 is 0 Å². The molecule has 11 heavy (non-hydrogen) atoms. The van der Waals surface area contributed by atoms with Crippen molar-refractivity contribution in [2.75, 3.05) is 6.61 Å². The van der Waals surface area contributed by atoms with Crippen molar-refractivity contribution in [3.63, 3.8) is 0 Å². The van der Waals surface area contributed by atoms with Gasteiger partial charge < -0.3 is 15.3 Å². The first-order valence-corrected chi connectivity index (χ1v) is 3.41. The van der Waals surface area contributed by atoms with E-state index in [1.165, 1.54) is 0 Å². The number of rotatable bonds is 4. The van der Waals surface area contributed by atoms with E-state index in [9.17, 15) is 9.90 Å². The Morgan fingerprint density at radius 2 is 2.00 bits per heavy atom.